The van der Waals surface area contributed by atoms with Gasteiger partial charge in [-0.1, -0.05) is 29.3 Å². The van der Waals surface area contributed by atoms with Crippen molar-refractivity contribution in [3.63, 3.8) is 0 Å². The molecular formula is C12H9Cl2N3O. The van der Waals surface area contributed by atoms with Crippen LogP contribution in [0.2, 0.25) is 10.2 Å². The number of nitrogens with zero attached hydrogens (tertiary/aromatic N) is 2. The van der Waals surface area contributed by atoms with E-state index >= 15 is 0 Å². The average Bonchev–Trinajstić information content (AvgIpc) is 2.34. The largest absolute Gasteiger partial charge is 0.320 e. The SMILES string of the molecule is Cc1ccc(Cl)cc1NC(=O)c1ccc(Cl)nn1. The van der Waals surface area contributed by atoms with Crippen molar-refractivity contribution < 1.29 is 4.79 Å². The third-order valence-corrected chi connectivity index (χ3v) is 2.75. The molecule has 1 N–H and O–H groups in total. The number of hydrogen-bond acceptors (Lipinski definition) is 3. The smallest absolute Gasteiger partial charge is 0.276 e. The summed E-state index contributed by atoms with van der Waals surface area (Å²) in [6.45, 7) is 1.87. The van der Waals surface area contributed by atoms with Gasteiger partial charge < -0.3 is 5.32 Å². The molecule has 0 fully saturated rings. The molecule has 0 unspecified atom stereocenters. The highest BCUT2D eigenvalue weighted by molar-refractivity contribution is 6.31. The first kappa shape index (κ1) is 12.8. The second-order valence-electron chi connectivity index (χ2n) is 3.65. The number of rotatable bonds is 2. The standard InChI is InChI=1S/C12H9Cl2N3O/c1-7-2-3-8(13)6-10(7)15-12(18)9-4-5-11(14)17-16-9/h2-6H,1H3,(H,15,18). The Labute approximate surface area is 114 Å². The zero-order valence-corrected chi connectivity index (χ0v) is 11.0. The van der Waals surface area contributed by atoms with Crippen molar-refractivity contribution in [1.82, 2.24) is 10.2 Å². The third kappa shape index (κ3) is 2.97. The van der Waals surface area contributed by atoms with E-state index in [1.54, 1.807) is 12.1 Å². The van der Waals surface area contributed by atoms with E-state index in [0.29, 0.717) is 10.7 Å². The Morgan fingerprint density at radius 3 is 2.61 bits per heavy atom. The maximum Gasteiger partial charge on any atom is 0.276 e. The van der Waals surface area contributed by atoms with Gasteiger partial charge in [0.25, 0.3) is 5.91 Å². The molecule has 2 aromatic rings. The average molecular weight is 282 g/mol. The molecule has 0 saturated carbocycles. The van der Waals surface area contributed by atoms with E-state index in [2.05, 4.69) is 15.5 Å². The number of aryl methyl sites for hydroxylation is 1. The van der Waals surface area contributed by atoms with Crippen LogP contribution in [0.3, 0.4) is 0 Å². The maximum atomic E-state index is 11.9. The molecule has 0 atom stereocenters. The van der Waals surface area contributed by atoms with Crippen molar-refractivity contribution >= 4 is 34.8 Å². The van der Waals surface area contributed by atoms with Crippen LogP contribution in [-0.4, -0.2) is 16.1 Å². The van der Waals surface area contributed by atoms with Crippen LogP contribution in [0.15, 0.2) is 30.3 Å². The van der Waals surface area contributed by atoms with Crippen molar-refractivity contribution in [2.45, 2.75) is 6.92 Å². The first-order valence-corrected chi connectivity index (χ1v) is 5.88. The van der Waals surface area contributed by atoms with Gasteiger partial charge >= 0.3 is 0 Å². The molecule has 18 heavy (non-hydrogen) atoms. The quantitative estimate of drug-likeness (QED) is 0.919. The highest BCUT2D eigenvalue weighted by Crippen LogP contribution is 2.20. The lowest BCUT2D eigenvalue weighted by Gasteiger charge is -2.07. The summed E-state index contributed by atoms with van der Waals surface area (Å²) in [6.07, 6.45) is 0. The van der Waals surface area contributed by atoms with Gasteiger partial charge in [0.2, 0.25) is 0 Å². The summed E-state index contributed by atoms with van der Waals surface area (Å²) < 4.78 is 0. The second kappa shape index (κ2) is 5.33. The summed E-state index contributed by atoms with van der Waals surface area (Å²) in [6, 6.07) is 8.27. The molecule has 4 nitrogen and oxygen atoms in total. The highest BCUT2D eigenvalue weighted by Gasteiger charge is 2.10. The second-order valence-corrected chi connectivity index (χ2v) is 4.48. The number of aromatic nitrogens is 2. The van der Waals surface area contributed by atoms with Crippen LogP contribution >= 0.6 is 23.2 Å². The lowest BCUT2D eigenvalue weighted by Crippen LogP contribution is -2.14. The summed E-state index contributed by atoms with van der Waals surface area (Å²) in [5.41, 5.74) is 1.75. The van der Waals surface area contributed by atoms with E-state index < -0.39 is 0 Å². The lowest BCUT2D eigenvalue weighted by molar-refractivity contribution is 0.102. The van der Waals surface area contributed by atoms with Crippen LogP contribution in [0, 0.1) is 6.92 Å². The minimum Gasteiger partial charge on any atom is -0.320 e. The van der Waals surface area contributed by atoms with E-state index in [1.165, 1.54) is 12.1 Å². The molecule has 0 aliphatic carbocycles. The fourth-order valence-electron chi connectivity index (χ4n) is 1.35. The molecule has 1 aromatic carbocycles. The van der Waals surface area contributed by atoms with Gasteiger partial charge in [-0.25, -0.2) is 0 Å². The van der Waals surface area contributed by atoms with Gasteiger partial charge in [0.15, 0.2) is 10.8 Å². The maximum absolute atomic E-state index is 11.9. The third-order valence-electron chi connectivity index (χ3n) is 2.31. The van der Waals surface area contributed by atoms with Crippen LogP contribution in [0.5, 0.6) is 0 Å². The number of halogens is 2. The van der Waals surface area contributed by atoms with E-state index in [4.69, 9.17) is 23.2 Å². The van der Waals surface area contributed by atoms with Crippen molar-refractivity contribution in [2.24, 2.45) is 0 Å². The fraction of sp³-hybridized carbons (Fsp3) is 0.0833. The van der Waals surface area contributed by atoms with Crippen molar-refractivity contribution in [3.05, 3.63) is 51.8 Å². The number of hydrogen-bond donors (Lipinski definition) is 1. The topological polar surface area (TPSA) is 54.9 Å². The van der Waals surface area contributed by atoms with Gasteiger partial charge in [0.05, 0.1) is 0 Å². The first-order valence-electron chi connectivity index (χ1n) is 5.13. The van der Waals surface area contributed by atoms with Gasteiger partial charge in [-0.2, -0.15) is 0 Å². The van der Waals surface area contributed by atoms with Gasteiger partial charge in [0.1, 0.15) is 0 Å². The lowest BCUT2D eigenvalue weighted by atomic mass is 10.2. The number of carbonyl (C=O) groups excluding carboxylic acids is 1. The molecule has 6 heteroatoms. The van der Waals surface area contributed by atoms with E-state index in [-0.39, 0.29) is 16.8 Å². The van der Waals surface area contributed by atoms with E-state index in [0.717, 1.165) is 5.56 Å². The summed E-state index contributed by atoms with van der Waals surface area (Å²) in [5.74, 6) is -0.357. The molecular weight excluding hydrogens is 273 g/mol. The van der Waals surface area contributed by atoms with E-state index in [9.17, 15) is 4.79 Å². The molecule has 0 spiro atoms. The zero-order chi connectivity index (χ0) is 13.1. The molecule has 1 aromatic heterocycles. The fourth-order valence-corrected chi connectivity index (χ4v) is 1.63. The Hall–Kier alpha value is -1.65. The molecule has 0 radical (unpaired) electrons. The Morgan fingerprint density at radius 2 is 1.94 bits per heavy atom. The number of amides is 1. The van der Waals surface area contributed by atoms with Crippen molar-refractivity contribution in [2.75, 3.05) is 5.32 Å². The molecule has 2 rings (SSSR count). The summed E-state index contributed by atoms with van der Waals surface area (Å²) in [4.78, 5) is 11.9. The number of carbonyl (C=O) groups is 1. The zero-order valence-electron chi connectivity index (χ0n) is 9.45. The minimum atomic E-state index is -0.357. The number of nitrogens with one attached hydrogen (secondary N) is 1. The molecule has 0 saturated heterocycles. The van der Waals surface area contributed by atoms with Crippen LogP contribution in [-0.2, 0) is 0 Å². The number of benzene rings is 1. The summed E-state index contributed by atoms with van der Waals surface area (Å²) in [5, 5.41) is 10.8. The predicted molar refractivity (Wildman–Crippen MR) is 71.2 cm³/mol. The summed E-state index contributed by atoms with van der Waals surface area (Å²) >= 11 is 11.5. The molecule has 1 heterocycles. The normalized spacial score (nSPS) is 10.2. The van der Waals surface area contributed by atoms with Gasteiger partial charge in [0, 0.05) is 10.7 Å². The van der Waals surface area contributed by atoms with Gasteiger partial charge in [-0.05, 0) is 36.8 Å². The Morgan fingerprint density at radius 1 is 1.17 bits per heavy atom. The predicted octanol–water partition coefficient (Wildman–Crippen LogP) is 3.34. The molecule has 0 bridgehead atoms. The minimum absolute atomic E-state index is 0.193. The number of anilines is 1. The first-order chi connectivity index (χ1) is 8.56. The van der Waals surface area contributed by atoms with Crippen LogP contribution in [0.25, 0.3) is 0 Å². The van der Waals surface area contributed by atoms with Crippen LogP contribution in [0.4, 0.5) is 5.69 Å². The van der Waals surface area contributed by atoms with Gasteiger partial charge in [-0.3, -0.25) is 4.79 Å². The van der Waals surface area contributed by atoms with Crippen molar-refractivity contribution in [1.29, 1.82) is 0 Å². The molecule has 1 amide bonds. The monoisotopic (exact) mass is 281 g/mol. The van der Waals surface area contributed by atoms with Crippen LogP contribution in [0.1, 0.15) is 16.1 Å². The Bertz CT molecular complexity index is 584. The van der Waals surface area contributed by atoms with Gasteiger partial charge in [-0.15, -0.1) is 10.2 Å². The van der Waals surface area contributed by atoms with Crippen LogP contribution < -0.4 is 5.32 Å². The Kier molecular flexibility index (Phi) is 3.79. The highest BCUT2D eigenvalue weighted by atomic mass is 35.5. The molecule has 0 aliphatic rings. The molecule has 0 aliphatic heterocycles. The Balaban J connectivity index is 2.21. The summed E-state index contributed by atoms with van der Waals surface area (Å²) in [7, 11) is 0. The molecule has 92 valence electrons. The van der Waals surface area contributed by atoms with Crippen molar-refractivity contribution in [3.8, 4) is 0 Å². The van der Waals surface area contributed by atoms with E-state index in [1.807, 2.05) is 13.0 Å².